The summed E-state index contributed by atoms with van der Waals surface area (Å²) in [5, 5.41) is 4.08. The van der Waals surface area contributed by atoms with E-state index < -0.39 is 11.9 Å². The number of nitrogens with zero attached hydrogens (tertiary/aromatic N) is 3. The molecule has 32 heavy (non-hydrogen) atoms. The third-order valence-corrected chi connectivity index (χ3v) is 4.74. The lowest BCUT2D eigenvalue weighted by atomic mass is 10.1. The highest BCUT2D eigenvalue weighted by Gasteiger charge is 2.29. The van der Waals surface area contributed by atoms with Crippen molar-refractivity contribution in [3.63, 3.8) is 0 Å². The van der Waals surface area contributed by atoms with Crippen molar-refractivity contribution in [1.82, 2.24) is 10.1 Å². The molecule has 1 aromatic heterocycles. The third kappa shape index (κ3) is 3.93. The first kappa shape index (κ1) is 20.8. The molecule has 2 heterocycles. The Morgan fingerprint density at radius 1 is 0.906 bits per heavy atom. The summed E-state index contributed by atoms with van der Waals surface area (Å²) in [6.45, 7) is 0. The van der Waals surface area contributed by atoms with Crippen molar-refractivity contribution < 1.29 is 23.6 Å². The largest absolute Gasteiger partial charge is 0.465 e. The highest BCUT2D eigenvalue weighted by atomic mass is 16.5. The minimum atomic E-state index is -0.702. The Balaban J connectivity index is 1.85. The predicted octanol–water partition coefficient (Wildman–Crippen LogP) is 3.89. The van der Waals surface area contributed by atoms with Gasteiger partial charge in [-0.25, -0.2) is 9.59 Å². The van der Waals surface area contributed by atoms with Crippen LogP contribution >= 0.6 is 0 Å². The van der Waals surface area contributed by atoms with E-state index in [1.165, 1.54) is 20.3 Å². The number of anilines is 1. The predicted molar refractivity (Wildman–Crippen MR) is 117 cm³/mol. The van der Waals surface area contributed by atoms with Crippen LogP contribution in [0.2, 0.25) is 0 Å². The van der Waals surface area contributed by atoms with Gasteiger partial charge in [0.05, 0.1) is 31.0 Å². The maximum atomic E-state index is 12.7. The van der Waals surface area contributed by atoms with Crippen molar-refractivity contribution in [2.75, 3.05) is 19.1 Å². The topological polar surface area (TPSA) is 94.8 Å². The summed E-state index contributed by atoms with van der Waals surface area (Å²) in [5.74, 6) is -0.680. The van der Waals surface area contributed by atoms with Gasteiger partial charge in [0.25, 0.3) is 5.89 Å². The summed E-state index contributed by atoms with van der Waals surface area (Å²) in [4.78, 5) is 31.2. The monoisotopic (exact) mass is 429 g/mol. The number of carbonyl (C=O) groups excluding carboxylic acids is 2. The smallest absolute Gasteiger partial charge is 0.355 e. The molecule has 0 radical (unpaired) electrons. The molecule has 0 unspecified atom stereocenters. The molecular formula is C24H19N3O5. The molecule has 0 saturated heterocycles. The summed E-state index contributed by atoms with van der Waals surface area (Å²) < 4.78 is 15.4. The van der Waals surface area contributed by atoms with Crippen LogP contribution in [0.5, 0.6) is 0 Å². The normalized spacial score (nSPS) is 13.1. The summed E-state index contributed by atoms with van der Waals surface area (Å²) >= 11 is 0. The molecule has 0 amide bonds. The molecule has 2 aromatic carbocycles. The Bertz CT molecular complexity index is 1240. The fourth-order valence-corrected chi connectivity index (χ4v) is 3.25. The zero-order valence-electron chi connectivity index (χ0n) is 17.4. The Morgan fingerprint density at radius 2 is 1.62 bits per heavy atom. The maximum Gasteiger partial charge on any atom is 0.355 e. The third-order valence-electron chi connectivity index (χ3n) is 4.74. The number of methoxy groups -OCH3 is 2. The average molecular weight is 429 g/mol. The van der Waals surface area contributed by atoms with E-state index >= 15 is 0 Å². The minimum absolute atomic E-state index is 0.000372. The van der Waals surface area contributed by atoms with Crippen molar-refractivity contribution in [2.24, 2.45) is 0 Å². The van der Waals surface area contributed by atoms with E-state index in [9.17, 15) is 9.59 Å². The van der Waals surface area contributed by atoms with Crippen LogP contribution in [0, 0.1) is 0 Å². The number of esters is 2. The van der Waals surface area contributed by atoms with E-state index in [0.29, 0.717) is 17.1 Å². The van der Waals surface area contributed by atoms with Crippen molar-refractivity contribution in [3.8, 4) is 22.8 Å². The molecule has 3 aromatic rings. The van der Waals surface area contributed by atoms with Crippen LogP contribution in [0.1, 0.15) is 0 Å². The number of ether oxygens (including phenoxy) is 2. The average Bonchev–Trinajstić information content (AvgIpc) is 3.23. The van der Waals surface area contributed by atoms with Crippen molar-refractivity contribution >= 4 is 17.6 Å². The van der Waals surface area contributed by atoms with Gasteiger partial charge < -0.3 is 18.9 Å². The van der Waals surface area contributed by atoms with Crippen LogP contribution < -0.4 is 4.90 Å². The van der Waals surface area contributed by atoms with Gasteiger partial charge in [-0.1, -0.05) is 53.7 Å². The molecule has 0 spiro atoms. The standard InChI is InChI=1S/C24H19N3O5/c1-30-23(28)18-13-8-9-15-27(20(18)24(29)31-2)19-14-7-6-12-17(19)22-25-21(26-32-22)16-10-4-3-5-11-16/h3-15H,1-2H3. The molecule has 0 fully saturated rings. The highest BCUT2D eigenvalue weighted by molar-refractivity contribution is 6.06. The number of para-hydroxylation sites is 1. The van der Waals surface area contributed by atoms with E-state index in [-0.39, 0.29) is 17.2 Å². The first-order chi connectivity index (χ1) is 15.6. The van der Waals surface area contributed by atoms with Gasteiger partial charge in [0, 0.05) is 11.8 Å². The van der Waals surface area contributed by atoms with Crippen molar-refractivity contribution in [3.05, 3.63) is 90.3 Å². The fourth-order valence-electron chi connectivity index (χ4n) is 3.25. The first-order valence-electron chi connectivity index (χ1n) is 9.67. The molecule has 0 atom stereocenters. The molecule has 0 bridgehead atoms. The number of carbonyl (C=O) groups is 2. The Labute approximate surface area is 184 Å². The Morgan fingerprint density at radius 3 is 2.38 bits per heavy atom. The second kappa shape index (κ2) is 9.13. The van der Waals surface area contributed by atoms with E-state index in [1.807, 2.05) is 36.4 Å². The number of aromatic nitrogens is 2. The van der Waals surface area contributed by atoms with Gasteiger partial charge >= 0.3 is 11.9 Å². The number of hydrogen-bond acceptors (Lipinski definition) is 8. The van der Waals surface area contributed by atoms with Crippen LogP contribution in [0.25, 0.3) is 22.8 Å². The van der Waals surface area contributed by atoms with Gasteiger partial charge in [0.15, 0.2) is 0 Å². The number of benzene rings is 2. The quantitative estimate of drug-likeness (QED) is 0.564. The van der Waals surface area contributed by atoms with E-state index in [2.05, 4.69) is 10.1 Å². The van der Waals surface area contributed by atoms with Crippen molar-refractivity contribution in [1.29, 1.82) is 0 Å². The summed E-state index contributed by atoms with van der Waals surface area (Å²) in [6.07, 6.45) is 6.47. The van der Waals surface area contributed by atoms with E-state index in [0.717, 1.165) is 5.56 Å². The lowest BCUT2D eigenvalue weighted by Gasteiger charge is -2.24. The second-order valence-corrected chi connectivity index (χ2v) is 6.62. The molecule has 8 heteroatoms. The fraction of sp³-hybridized carbons (Fsp3) is 0.0833. The van der Waals surface area contributed by atoms with Gasteiger partial charge in [0.2, 0.25) is 5.82 Å². The number of rotatable bonds is 5. The van der Waals surface area contributed by atoms with Crippen molar-refractivity contribution in [2.45, 2.75) is 0 Å². The molecule has 0 saturated carbocycles. The lowest BCUT2D eigenvalue weighted by Crippen LogP contribution is -2.27. The second-order valence-electron chi connectivity index (χ2n) is 6.62. The Kier molecular flexibility index (Phi) is 5.94. The van der Waals surface area contributed by atoms with Crippen LogP contribution in [-0.4, -0.2) is 36.3 Å². The molecule has 0 N–H and O–H groups in total. The zero-order chi connectivity index (χ0) is 22.5. The maximum absolute atomic E-state index is 12.7. The lowest BCUT2D eigenvalue weighted by molar-refractivity contribution is -0.139. The zero-order valence-corrected chi connectivity index (χ0v) is 17.4. The summed E-state index contributed by atoms with van der Waals surface area (Å²) in [7, 11) is 2.50. The van der Waals surface area contributed by atoms with Crippen LogP contribution in [0.4, 0.5) is 5.69 Å². The SMILES string of the molecule is COC(=O)C1=C(C(=O)OC)N(c2ccccc2-c2nc(-c3ccccc3)no2)C=CC=C1. The number of allylic oxidation sites excluding steroid dienone is 2. The van der Waals surface area contributed by atoms with Gasteiger partial charge in [-0.05, 0) is 24.3 Å². The molecule has 0 aliphatic carbocycles. The van der Waals surface area contributed by atoms with E-state index in [1.54, 1.807) is 41.5 Å². The van der Waals surface area contributed by atoms with Gasteiger partial charge in [0.1, 0.15) is 5.70 Å². The number of hydrogen-bond donors (Lipinski definition) is 0. The Hall–Kier alpha value is -4.46. The van der Waals surface area contributed by atoms with E-state index in [4.69, 9.17) is 14.0 Å². The highest BCUT2D eigenvalue weighted by Crippen LogP contribution is 2.35. The summed E-state index contributed by atoms with van der Waals surface area (Å²) in [5.41, 5.74) is 1.97. The summed E-state index contributed by atoms with van der Waals surface area (Å²) in [6, 6.07) is 16.6. The van der Waals surface area contributed by atoms with Gasteiger partial charge in [-0.15, -0.1) is 0 Å². The van der Waals surface area contributed by atoms with Gasteiger partial charge in [-0.2, -0.15) is 4.98 Å². The van der Waals surface area contributed by atoms with Crippen LogP contribution in [0.3, 0.4) is 0 Å². The van der Waals surface area contributed by atoms with Crippen LogP contribution in [0.15, 0.2) is 94.8 Å². The molecule has 1 aliphatic rings. The van der Waals surface area contributed by atoms with Crippen LogP contribution in [-0.2, 0) is 19.1 Å². The first-order valence-corrected chi connectivity index (χ1v) is 9.67. The minimum Gasteiger partial charge on any atom is -0.465 e. The van der Waals surface area contributed by atoms with Gasteiger partial charge in [-0.3, -0.25) is 0 Å². The molecule has 4 rings (SSSR count). The molecule has 160 valence electrons. The molecule has 8 nitrogen and oxygen atoms in total. The molecular weight excluding hydrogens is 410 g/mol. The molecule has 1 aliphatic heterocycles.